The van der Waals surface area contributed by atoms with E-state index in [1.165, 1.54) is 6.08 Å². The molecule has 27 heavy (non-hydrogen) atoms. The Labute approximate surface area is 162 Å². The summed E-state index contributed by atoms with van der Waals surface area (Å²) in [5.41, 5.74) is 2.53. The number of carbonyl (C=O) groups excluding carboxylic acids is 1. The summed E-state index contributed by atoms with van der Waals surface area (Å²) in [6.45, 7) is 3.14. The number of anilines is 2. The highest BCUT2D eigenvalue weighted by Gasteiger charge is 2.18. The number of nitrogens with zero attached hydrogens (tertiary/aromatic N) is 1. The predicted molar refractivity (Wildman–Crippen MR) is 105 cm³/mol. The number of carbonyl (C=O) groups is 1. The lowest BCUT2D eigenvalue weighted by Crippen LogP contribution is -2.36. The average Bonchev–Trinajstić information content (AvgIpc) is 3.17. The number of amides is 1. The van der Waals surface area contributed by atoms with Gasteiger partial charge in [0.05, 0.1) is 29.6 Å². The fraction of sp³-hybridized carbons (Fsp3) is 0.250. The van der Waals surface area contributed by atoms with Crippen LogP contribution >= 0.6 is 11.6 Å². The molecule has 1 fully saturated rings. The molecular formula is C20H19ClN2O4. The Bertz CT molecular complexity index is 878. The van der Waals surface area contributed by atoms with Crippen LogP contribution in [0.25, 0.3) is 6.08 Å². The lowest BCUT2D eigenvalue weighted by Gasteiger charge is -2.30. The van der Waals surface area contributed by atoms with E-state index in [1.807, 2.05) is 24.3 Å². The molecule has 1 N–H and O–H groups in total. The van der Waals surface area contributed by atoms with Crippen molar-refractivity contribution < 1.29 is 19.0 Å². The molecule has 0 atom stereocenters. The van der Waals surface area contributed by atoms with Crippen molar-refractivity contribution in [2.75, 3.05) is 43.3 Å². The minimum absolute atomic E-state index is 0.154. The van der Waals surface area contributed by atoms with Crippen molar-refractivity contribution in [2.45, 2.75) is 0 Å². The van der Waals surface area contributed by atoms with E-state index in [0.29, 0.717) is 29.7 Å². The van der Waals surface area contributed by atoms with E-state index in [9.17, 15) is 4.79 Å². The second-order valence-electron chi connectivity index (χ2n) is 6.18. The summed E-state index contributed by atoms with van der Waals surface area (Å²) in [6.07, 6.45) is 3.17. The zero-order valence-corrected chi connectivity index (χ0v) is 15.4. The first-order valence-electron chi connectivity index (χ1n) is 8.70. The van der Waals surface area contributed by atoms with E-state index in [4.69, 9.17) is 25.8 Å². The topological polar surface area (TPSA) is 60.0 Å². The van der Waals surface area contributed by atoms with Gasteiger partial charge in [-0.15, -0.1) is 0 Å². The molecule has 2 heterocycles. The fourth-order valence-corrected chi connectivity index (χ4v) is 3.36. The van der Waals surface area contributed by atoms with Gasteiger partial charge in [-0.1, -0.05) is 23.7 Å². The van der Waals surface area contributed by atoms with Crippen LogP contribution in [0.4, 0.5) is 11.4 Å². The maximum absolute atomic E-state index is 12.4. The molecular weight excluding hydrogens is 368 g/mol. The van der Waals surface area contributed by atoms with Crippen LogP contribution in [0.3, 0.4) is 0 Å². The number of halogens is 1. The van der Waals surface area contributed by atoms with E-state index in [2.05, 4.69) is 10.2 Å². The first-order valence-corrected chi connectivity index (χ1v) is 9.08. The Morgan fingerprint density at radius 1 is 1.15 bits per heavy atom. The number of ether oxygens (including phenoxy) is 3. The molecule has 1 saturated heterocycles. The van der Waals surface area contributed by atoms with Crippen LogP contribution in [-0.2, 0) is 9.53 Å². The van der Waals surface area contributed by atoms with Gasteiger partial charge in [-0.3, -0.25) is 4.79 Å². The molecule has 1 amide bonds. The zero-order chi connectivity index (χ0) is 18.6. The van der Waals surface area contributed by atoms with E-state index in [1.54, 1.807) is 18.2 Å². The Hall–Kier alpha value is -2.70. The molecule has 0 aromatic heterocycles. The van der Waals surface area contributed by atoms with Gasteiger partial charge in [-0.05, 0) is 35.9 Å². The molecule has 0 saturated carbocycles. The quantitative estimate of drug-likeness (QED) is 0.814. The molecule has 4 rings (SSSR count). The van der Waals surface area contributed by atoms with E-state index < -0.39 is 0 Å². The zero-order valence-electron chi connectivity index (χ0n) is 14.6. The highest BCUT2D eigenvalue weighted by Crippen LogP contribution is 2.40. The minimum Gasteiger partial charge on any atom is -0.454 e. The first-order chi connectivity index (χ1) is 13.2. The molecule has 6 nitrogen and oxygen atoms in total. The Morgan fingerprint density at radius 2 is 1.96 bits per heavy atom. The number of nitrogens with one attached hydrogen (secondary N) is 1. The Balaban J connectivity index is 1.47. The molecule has 0 unspecified atom stereocenters. The van der Waals surface area contributed by atoms with Gasteiger partial charge in [-0.25, -0.2) is 0 Å². The number of hydrogen-bond acceptors (Lipinski definition) is 5. The summed E-state index contributed by atoms with van der Waals surface area (Å²) in [7, 11) is 0. The van der Waals surface area contributed by atoms with Crippen LogP contribution in [0, 0.1) is 0 Å². The van der Waals surface area contributed by atoms with Crippen molar-refractivity contribution in [1.29, 1.82) is 0 Å². The summed E-state index contributed by atoms with van der Waals surface area (Å²) >= 11 is 6.17. The van der Waals surface area contributed by atoms with Gasteiger partial charge in [0, 0.05) is 19.2 Å². The summed E-state index contributed by atoms with van der Waals surface area (Å²) in [6, 6.07) is 11.3. The van der Waals surface area contributed by atoms with Crippen molar-refractivity contribution in [1.82, 2.24) is 0 Å². The average molecular weight is 387 g/mol. The van der Waals surface area contributed by atoms with Gasteiger partial charge in [0.1, 0.15) is 0 Å². The molecule has 0 radical (unpaired) electrons. The Kier molecular flexibility index (Phi) is 5.18. The lowest BCUT2D eigenvalue weighted by atomic mass is 10.2. The number of benzene rings is 2. The van der Waals surface area contributed by atoms with E-state index in [-0.39, 0.29) is 12.7 Å². The fourth-order valence-electron chi connectivity index (χ4n) is 3.09. The second kappa shape index (κ2) is 7.90. The molecule has 2 aliphatic heterocycles. The van der Waals surface area contributed by atoms with Crippen LogP contribution in [0.1, 0.15) is 5.56 Å². The minimum atomic E-state index is -0.218. The maximum Gasteiger partial charge on any atom is 0.248 e. The molecule has 2 aromatic carbocycles. The van der Waals surface area contributed by atoms with Crippen molar-refractivity contribution in [3.8, 4) is 11.5 Å². The molecule has 2 aromatic rings. The monoisotopic (exact) mass is 386 g/mol. The number of fused-ring (bicyclic) bond motifs is 1. The van der Waals surface area contributed by atoms with Gasteiger partial charge in [0.15, 0.2) is 11.5 Å². The van der Waals surface area contributed by atoms with Crippen molar-refractivity contribution in [3.63, 3.8) is 0 Å². The van der Waals surface area contributed by atoms with Crippen molar-refractivity contribution in [3.05, 3.63) is 53.1 Å². The third-order valence-electron chi connectivity index (χ3n) is 4.39. The highest BCUT2D eigenvalue weighted by molar-refractivity contribution is 6.32. The Morgan fingerprint density at radius 3 is 2.81 bits per heavy atom. The standard InChI is InChI=1S/C20H19ClN2O4/c21-15-11-14(12-18-20(15)27-13-26-18)5-6-19(24)22-16-3-1-2-4-17(16)23-7-9-25-10-8-23/h1-6,11-12H,7-10,13H2,(H,22,24). The first kappa shape index (κ1) is 17.7. The van der Waals surface area contributed by atoms with Crippen LogP contribution in [-0.4, -0.2) is 39.0 Å². The normalized spacial score (nSPS) is 16.0. The predicted octanol–water partition coefficient (Wildman–Crippen LogP) is 3.56. The maximum atomic E-state index is 12.4. The molecule has 0 bridgehead atoms. The summed E-state index contributed by atoms with van der Waals surface area (Å²) in [4.78, 5) is 14.6. The summed E-state index contributed by atoms with van der Waals surface area (Å²) in [5.74, 6) is 0.905. The van der Waals surface area contributed by atoms with Crippen LogP contribution in [0.5, 0.6) is 11.5 Å². The number of morpholine rings is 1. The van der Waals surface area contributed by atoms with E-state index in [0.717, 1.165) is 30.0 Å². The van der Waals surface area contributed by atoms with Gasteiger partial charge < -0.3 is 24.4 Å². The van der Waals surface area contributed by atoms with Crippen LogP contribution < -0.4 is 19.7 Å². The van der Waals surface area contributed by atoms with Gasteiger partial charge in [-0.2, -0.15) is 0 Å². The van der Waals surface area contributed by atoms with E-state index >= 15 is 0 Å². The van der Waals surface area contributed by atoms with Crippen molar-refractivity contribution in [2.24, 2.45) is 0 Å². The third-order valence-corrected chi connectivity index (χ3v) is 4.67. The molecule has 7 heteroatoms. The largest absolute Gasteiger partial charge is 0.454 e. The second-order valence-corrected chi connectivity index (χ2v) is 6.58. The van der Waals surface area contributed by atoms with Crippen molar-refractivity contribution >= 4 is 35.0 Å². The van der Waals surface area contributed by atoms with Gasteiger partial charge in [0.25, 0.3) is 0 Å². The summed E-state index contributed by atoms with van der Waals surface area (Å²) in [5, 5.41) is 3.41. The van der Waals surface area contributed by atoms with Crippen LogP contribution in [0.15, 0.2) is 42.5 Å². The number of hydrogen-bond donors (Lipinski definition) is 1. The smallest absolute Gasteiger partial charge is 0.248 e. The SMILES string of the molecule is O=C(C=Cc1cc(Cl)c2c(c1)OCO2)Nc1ccccc1N1CCOCC1. The molecule has 0 spiro atoms. The lowest BCUT2D eigenvalue weighted by molar-refractivity contribution is -0.111. The van der Waals surface area contributed by atoms with Crippen LogP contribution in [0.2, 0.25) is 5.02 Å². The third kappa shape index (κ3) is 4.02. The number of rotatable bonds is 4. The molecule has 0 aliphatic carbocycles. The molecule has 140 valence electrons. The van der Waals surface area contributed by atoms with Gasteiger partial charge in [0.2, 0.25) is 12.7 Å². The van der Waals surface area contributed by atoms with Gasteiger partial charge >= 0.3 is 0 Å². The highest BCUT2D eigenvalue weighted by atomic mass is 35.5. The molecule has 2 aliphatic rings. The summed E-state index contributed by atoms with van der Waals surface area (Å²) < 4.78 is 16.0. The number of para-hydroxylation sites is 2.